The van der Waals surface area contributed by atoms with Crippen LogP contribution in [0.15, 0.2) is 18.2 Å². The van der Waals surface area contributed by atoms with Crippen molar-refractivity contribution < 1.29 is 19.3 Å². The SMILES string of the molecule is CC(NCC1(O)CCOCC1)c1ccc2c(c1)OCO2. The van der Waals surface area contributed by atoms with Gasteiger partial charge in [0, 0.05) is 38.6 Å². The third-order valence-electron chi connectivity index (χ3n) is 4.06. The summed E-state index contributed by atoms with van der Waals surface area (Å²) in [6.45, 7) is 4.22. The zero-order valence-electron chi connectivity index (χ0n) is 11.7. The van der Waals surface area contributed by atoms with Crippen molar-refractivity contribution in [3.8, 4) is 11.5 Å². The van der Waals surface area contributed by atoms with Gasteiger partial charge in [0.1, 0.15) is 0 Å². The molecular weight excluding hydrogens is 258 g/mol. The van der Waals surface area contributed by atoms with Crippen LogP contribution in [0.1, 0.15) is 31.4 Å². The number of nitrogens with one attached hydrogen (secondary N) is 1. The summed E-state index contributed by atoms with van der Waals surface area (Å²) in [6, 6.07) is 6.10. The van der Waals surface area contributed by atoms with Crippen molar-refractivity contribution in [2.45, 2.75) is 31.4 Å². The van der Waals surface area contributed by atoms with Gasteiger partial charge < -0.3 is 24.6 Å². The van der Waals surface area contributed by atoms with Gasteiger partial charge in [0.15, 0.2) is 11.5 Å². The number of hydrogen-bond acceptors (Lipinski definition) is 5. The lowest BCUT2D eigenvalue weighted by atomic mass is 9.94. The standard InChI is InChI=1S/C15H21NO4/c1-11(16-9-15(17)4-6-18-7-5-15)12-2-3-13-14(8-12)20-10-19-13/h2-3,8,11,16-17H,4-7,9-10H2,1H3. The first-order chi connectivity index (χ1) is 9.66. The van der Waals surface area contributed by atoms with Gasteiger partial charge in [-0.1, -0.05) is 6.07 Å². The summed E-state index contributed by atoms with van der Waals surface area (Å²) in [5.41, 5.74) is 0.480. The van der Waals surface area contributed by atoms with E-state index in [4.69, 9.17) is 14.2 Å². The second kappa shape index (κ2) is 5.60. The summed E-state index contributed by atoms with van der Waals surface area (Å²) < 4.78 is 16.0. The predicted molar refractivity (Wildman–Crippen MR) is 74.0 cm³/mol. The molecule has 5 heteroatoms. The highest BCUT2D eigenvalue weighted by molar-refractivity contribution is 5.45. The van der Waals surface area contributed by atoms with E-state index in [1.807, 2.05) is 18.2 Å². The zero-order valence-corrected chi connectivity index (χ0v) is 11.7. The van der Waals surface area contributed by atoms with Gasteiger partial charge in [-0.25, -0.2) is 0 Å². The quantitative estimate of drug-likeness (QED) is 0.877. The number of aliphatic hydroxyl groups is 1. The van der Waals surface area contributed by atoms with Crippen LogP contribution in [0, 0.1) is 0 Å². The van der Waals surface area contributed by atoms with Crippen LogP contribution in [-0.2, 0) is 4.74 Å². The highest BCUT2D eigenvalue weighted by Gasteiger charge is 2.30. The van der Waals surface area contributed by atoms with E-state index < -0.39 is 5.60 Å². The van der Waals surface area contributed by atoms with E-state index in [0.717, 1.165) is 17.1 Å². The molecule has 0 saturated carbocycles. The van der Waals surface area contributed by atoms with Crippen molar-refractivity contribution >= 4 is 0 Å². The van der Waals surface area contributed by atoms with Gasteiger partial charge in [0.2, 0.25) is 6.79 Å². The van der Waals surface area contributed by atoms with Crippen LogP contribution < -0.4 is 14.8 Å². The third kappa shape index (κ3) is 2.90. The molecule has 2 heterocycles. The lowest BCUT2D eigenvalue weighted by molar-refractivity contribution is -0.0626. The molecule has 1 aromatic carbocycles. The number of fused-ring (bicyclic) bond motifs is 1. The average molecular weight is 279 g/mol. The molecule has 110 valence electrons. The summed E-state index contributed by atoms with van der Waals surface area (Å²) in [7, 11) is 0. The maximum absolute atomic E-state index is 10.4. The van der Waals surface area contributed by atoms with Crippen molar-refractivity contribution in [1.29, 1.82) is 0 Å². The minimum absolute atomic E-state index is 0.149. The molecule has 20 heavy (non-hydrogen) atoms. The minimum Gasteiger partial charge on any atom is -0.454 e. The lowest BCUT2D eigenvalue weighted by Crippen LogP contribution is -2.45. The van der Waals surface area contributed by atoms with Crippen molar-refractivity contribution in [3.05, 3.63) is 23.8 Å². The summed E-state index contributed by atoms with van der Waals surface area (Å²) in [4.78, 5) is 0. The van der Waals surface area contributed by atoms with Crippen LogP contribution in [-0.4, -0.2) is 37.3 Å². The highest BCUT2D eigenvalue weighted by atomic mass is 16.7. The van der Waals surface area contributed by atoms with Crippen molar-refractivity contribution in [2.75, 3.05) is 26.6 Å². The van der Waals surface area contributed by atoms with Gasteiger partial charge in [-0.3, -0.25) is 0 Å². The van der Waals surface area contributed by atoms with Gasteiger partial charge in [0.25, 0.3) is 0 Å². The van der Waals surface area contributed by atoms with E-state index in [9.17, 15) is 5.11 Å². The smallest absolute Gasteiger partial charge is 0.231 e. The molecule has 2 aliphatic heterocycles. The number of benzene rings is 1. The van der Waals surface area contributed by atoms with Crippen LogP contribution in [0.4, 0.5) is 0 Å². The number of hydrogen-bond donors (Lipinski definition) is 2. The maximum atomic E-state index is 10.4. The van der Waals surface area contributed by atoms with Gasteiger partial charge in [-0.2, -0.15) is 0 Å². The Balaban J connectivity index is 1.60. The van der Waals surface area contributed by atoms with Crippen molar-refractivity contribution in [2.24, 2.45) is 0 Å². The van der Waals surface area contributed by atoms with Gasteiger partial charge in [0.05, 0.1) is 5.60 Å². The maximum Gasteiger partial charge on any atom is 0.231 e. The Kier molecular flexibility index (Phi) is 3.83. The fourth-order valence-corrected chi connectivity index (χ4v) is 2.57. The monoisotopic (exact) mass is 279 g/mol. The molecule has 1 atom stereocenters. The second-order valence-electron chi connectivity index (χ2n) is 5.55. The van der Waals surface area contributed by atoms with E-state index in [1.54, 1.807) is 0 Å². The Morgan fingerprint density at radius 1 is 1.25 bits per heavy atom. The van der Waals surface area contributed by atoms with Crippen LogP contribution in [0.2, 0.25) is 0 Å². The minimum atomic E-state index is -0.650. The largest absolute Gasteiger partial charge is 0.454 e. The van der Waals surface area contributed by atoms with E-state index in [2.05, 4.69) is 12.2 Å². The van der Waals surface area contributed by atoms with E-state index in [1.165, 1.54) is 0 Å². The first-order valence-corrected chi connectivity index (χ1v) is 7.09. The van der Waals surface area contributed by atoms with E-state index in [-0.39, 0.29) is 6.04 Å². The zero-order chi connectivity index (χ0) is 14.0. The molecule has 0 aromatic heterocycles. The molecule has 1 saturated heterocycles. The summed E-state index contributed by atoms with van der Waals surface area (Å²) >= 11 is 0. The van der Waals surface area contributed by atoms with Crippen LogP contribution in [0.3, 0.4) is 0 Å². The molecule has 0 amide bonds. The summed E-state index contributed by atoms with van der Waals surface area (Å²) in [6.07, 6.45) is 1.38. The summed E-state index contributed by atoms with van der Waals surface area (Å²) in [5, 5.41) is 13.8. The molecule has 3 rings (SSSR count). The lowest BCUT2D eigenvalue weighted by Gasteiger charge is -2.33. The van der Waals surface area contributed by atoms with Gasteiger partial charge >= 0.3 is 0 Å². The topological polar surface area (TPSA) is 60.0 Å². The molecule has 0 bridgehead atoms. The third-order valence-corrected chi connectivity index (χ3v) is 4.06. The highest BCUT2D eigenvalue weighted by Crippen LogP contribution is 2.34. The van der Waals surface area contributed by atoms with Crippen LogP contribution >= 0.6 is 0 Å². The molecule has 2 N–H and O–H groups in total. The fourth-order valence-electron chi connectivity index (χ4n) is 2.57. The molecule has 1 unspecified atom stereocenters. The number of ether oxygens (including phenoxy) is 3. The predicted octanol–water partition coefficient (Wildman–Crippen LogP) is 1.61. The molecular formula is C15H21NO4. The molecule has 1 aromatic rings. The Morgan fingerprint density at radius 2 is 2.00 bits per heavy atom. The first kappa shape index (κ1) is 13.7. The van der Waals surface area contributed by atoms with Gasteiger partial charge in [-0.15, -0.1) is 0 Å². The Bertz CT molecular complexity index is 471. The molecule has 5 nitrogen and oxygen atoms in total. The molecule has 0 radical (unpaired) electrons. The van der Waals surface area contributed by atoms with E-state index in [0.29, 0.717) is 39.4 Å². The Hall–Kier alpha value is -1.30. The normalized spacial score (nSPS) is 21.7. The fraction of sp³-hybridized carbons (Fsp3) is 0.600. The Labute approximate surface area is 118 Å². The first-order valence-electron chi connectivity index (χ1n) is 7.09. The average Bonchev–Trinajstić information content (AvgIpc) is 2.93. The van der Waals surface area contributed by atoms with Crippen LogP contribution in [0.5, 0.6) is 11.5 Å². The molecule has 0 spiro atoms. The second-order valence-corrected chi connectivity index (χ2v) is 5.55. The molecule has 2 aliphatic rings. The van der Waals surface area contributed by atoms with E-state index >= 15 is 0 Å². The van der Waals surface area contributed by atoms with Crippen LogP contribution in [0.25, 0.3) is 0 Å². The van der Waals surface area contributed by atoms with Gasteiger partial charge in [-0.05, 0) is 24.6 Å². The van der Waals surface area contributed by atoms with Crippen molar-refractivity contribution in [3.63, 3.8) is 0 Å². The number of rotatable bonds is 4. The Morgan fingerprint density at radius 3 is 2.80 bits per heavy atom. The molecule has 0 aliphatic carbocycles. The molecule has 1 fully saturated rings. The summed E-state index contributed by atoms with van der Waals surface area (Å²) in [5.74, 6) is 1.59. The van der Waals surface area contributed by atoms with Crippen molar-refractivity contribution in [1.82, 2.24) is 5.32 Å².